The number of carbonyl (C=O) groups excluding carboxylic acids is 1. The average molecular weight is 411 g/mol. The molecule has 4 nitrogen and oxygen atoms in total. The molecule has 1 aromatic carbocycles. The third kappa shape index (κ3) is 7.63. The van der Waals surface area contributed by atoms with Crippen molar-refractivity contribution in [1.29, 1.82) is 0 Å². The maximum Gasteiger partial charge on any atom is 0.252 e. The summed E-state index contributed by atoms with van der Waals surface area (Å²) in [6.07, 6.45) is 11.3. The van der Waals surface area contributed by atoms with E-state index >= 15 is 0 Å². The zero-order valence-corrected chi connectivity index (χ0v) is 16.3. The molecule has 28 heavy (non-hydrogen) atoms. The lowest BCUT2D eigenvalue weighted by Crippen LogP contribution is -2.30. The topological polar surface area (TPSA) is 50.4 Å². The zero-order chi connectivity index (χ0) is 18.2. The molecule has 1 aromatic rings. The molecule has 1 unspecified atom stereocenters. The van der Waals surface area contributed by atoms with Crippen molar-refractivity contribution in [3.05, 3.63) is 28.8 Å². The van der Waals surface area contributed by atoms with E-state index in [0.717, 1.165) is 19.5 Å². The van der Waals surface area contributed by atoms with Gasteiger partial charge in [-0.3, -0.25) is 4.79 Å². The first-order chi connectivity index (χ1) is 12.7. The minimum absolute atomic E-state index is 0. The van der Waals surface area contributed by atoms with Gasteiger partial charge in [0, 0.05) is 12.6 Å². The number of hydrogen-bond acceptors (Lipinski definition) is 3. The van der Waals surface area contributed by atoms with Gasteiger partial charge in [0.1, 0.15) is 12.4 Å². The van der Waals surface area contributed by atoms with Crippen LogP contribution < -0.4 is 15.4 Å². The molecule has 5 heteroatoms. The molecule has 160 valence electrons. The highest BCUT2D eigenvalue weighted by atomic mass is 35.5. The fourth-order valence-electron chi connectivity index (χ4n) is 3.94. The summed E-state index contributed by atoms with van der Waals surface area (Å²) in [6, 6.07) is 5.76. The number of amides is 1. The van der Waals surface area contributed by atoms with Crippen molar-refractivity contribution < 1.29 is 9.53 Å². The molecule has 2 aliphatic rings. The summed E-state index contributed by atoms with van der Waals surface area (Å²) in [7, 11) is 0. The Labute approximate surface area is 176 Å². The van der Waals surface area contributed by atoms with Crippen LogP contribution in [0.2, 0.25) is 5.02 Å². The van der Waals surface area contributed by atoms with Gasteiger partial charge in [-0.1, -0.05) is 58.6 Å². The van der Waals surface area contributed by atoms with Gasteiger partial charge in [-0.2, -0.15) is 0 Å². The van der Waals surface area contributed by atoms with Crippen molar-refractivity contribution in [2.45, 2.75) is 78.7 Å². The third-order valence-corrected chi connectivity index (χ3v) is 5.90. The van der Waals surface area contributed by atoms with Gasteiger partial charge in [0.25, 0.3) is 5.91 Å². The standard InChI is InChI=1S/C21H31ClN2O2.2CH4/c22-20-11-10-18(26-15-17-9-6-12-23-17)13-19(20)21(25)24-14-16-7-4-2-1-3-5-8-16;;/h10-11,13,16-17,23H,1-9,12,14-15H2,(H,24,25);2*1H4. The first-order valence-corrected chi connectivity index (χ1v) is 10.5. The third-order valence-electron chi connectivity index (χ3n) is 5.57. The molecule has 1 aliphatic heterocycles. The lowest BCUT2D eigenvalue weighted by Gasteiger charge is -2.20. The molecule has 1 atom stereocenters. The number of hydrogen-bond donors (Lipinski definition) is 2. The molecule has 3 rings (SSSR count). The Kier molecular flexibility index (Phi) is 11.6. The molecule has 1 heterocycles. The number of rotatable bonds is 6. The molecule has 2 N–H and O–H groups in total. The second-order valence-electron chi connectivity index (χ2n) is 7.67. The fourth-order valence-corrected chi connectivity index (χ4v) is 4.14. The van der Waals surface area contributed by atoms with Crippen LogP contribution >= 0.6 is 11.6 Å². The highest BCUT2D eigenvalue weighted by molar-refractivity contribution is 6.33. The number of nitrogens with one attached hydrogen (secondary N) is 2. The van der Waals surface area contributed by atoms with Crippen LogP contribution in [-0.4, -0.2) is 31.6 Å². The smallest absolute Gasteiger partial charge is 0.252 e. The Morgan fingerprint density at radius 3 is 2.46 bits per heavy atom. The van der Waals surface area contributed by atoms with Crippen molar-refractivity contribution in [2.24, 2.45) is 5.92 Å². The summed E-state index contributed by atoms with van der Waals surface area (Å²) >= 11 is 6.26. The van der Waals surface area contributed by atoms with Crippen molar-refractivity contribution >= 4 is 17.5 Å². The van der Waals surface area contributed by atoms with Gasteiger partial charge in [-0.25, -0.2) is 0 Å². The summed E-state index contributed by atoms with van der Waals surface area (Å²) in [6.45, 7) is 2.43. The van der Waals surface area contributed by atoms with Crippen LogP contribution in [0.1, 0.15) is 83.0 Å². The number of ether oxygens (including phenoxy) is 1. The van der Waals surface area contributed by atoms with Crippen LogP contribution in [0.15, 0.2) is 18.2 Å². The lowest BCUT2D eigenvalue weighted by atomic mass is 9.91. The summed E-state index contributed by atoms with van der Waals surface area (Å²) in [5.41, 5.74) is 0.509. The maximum atomic E-state index is 12.6. The van der Waals surface area contributed by atoms with Crippen LogP contribution in [0.25, 0.3) is 0 Å². The molecule has 0 radical (unpaired) electrons. The van der Waals surface area contributed by atoms with E-state index in [9.17, 15) is 4.79 Å². The SMILES string of the molecule is C.C.O=C(NCC1CCCCCCC1)c1cc(OCC2CCCN2)ccc1Cl. The van der Waals surface area contributed by atoms with Crippen molar-refractivity contribution in [3.63, 3.8) is 0 Å². The van der Waals surface area contributed by atoms with Gasteiger partial charge in [-0.05, 0) is 56.3 Å². The molecule has 1 amide bonds. The van der Waals surface area contributed by atoms with E-state index in [2.05, 4.69) is 10.6 Å². The Bertz CT molecular complexity index is 580. The molecule has 0 bridgehead atoms. The summed E-state index contributed by atoms with van der Waals surface area (Å²) in [4.78, 5) is 12.6. The number of halogens is 1. The molecular weight excluding hydrogens is 372 g/mol. The van der Waals surface area contributed by atoms with E-state index in [4.69, 9.17) is 16.3 Å². The molecule has 0 aromatic heterocycles. The summed E-state index contributed by atoms with van der Waals surface area (Å²) in [5, 5.41) is 6.98. The van der Waals surface area contributed by atoms with Gasteiger partial charge >= 0.3 is 0 Å². The average Bonchev–Trinajstić information content (AvgIpc) is 3.13. The second-order valence-corrected chi connectivity index (χ2v) is 8.07. The summed E-state index contributed by atoms with van der Waals surface area (Å²) in [5.74, 6) is 1.20. The van der Waals surface area contributed by atoms with E-state index in [-0.39, 0.29) is 20.8 Å². The van der Waals surface area contributed by atoms with Gasteiger partial charge in [0.15, 0.2) is 0 Å². The highest BCUT2D eigenvalue weighted by Gasteiger charge is 2.17. The predicted molar refractivity (Wildman–Crippen MR) is 120 cm³/mol. The number of carbonyl (C=O) groups is 1. The quantitative estimate of drug-likeness (QED) is 0.619. The minimum atomic E-state index is -0.0958. The van der Waals surface area contributed by atoms with Crippen LogP contribution in [0, 0.1) is 5.92 Å². The molecular formula is C23H39ClN2O2. The van der Waals surface area contributed by atoms with Gasteiger partial charge < -0.3 is 15.4 Å². The fraction of sp³-hybridized carbons (Fsp3) is 0.696. The Balaban J connectivity index is 0.00000196. The molecule has 0 spiro atoms. The van der Waals surface area contributed by atoms with E-state index in [1.807, 2.05) is 6.07 Å². The predicted octanol–water partition coefficient (Wildman–Crippen LogP) is 5.83. The highest BCUT2D eigenvalue weighted by Crippen LogP contribution is 2.24. The van der Waals surface area contributed by atoms with Crippen LogP contribution in [-0.2, 0) is 0 Å². The lowest BCUT2D eigenvalue weighted by molar-refractivity contribution is 0.0944. The molecule has 1 saturated heterocycles. The largest absolute Gasteiger partial charge is 0.492 e. The van der Waals surface area contributed by atoms with Gasteiger partial charge in [0.2, 0.25) is 0 Å². The van der Waals surface area contributed by atoms with Crippen molar-refractivity contribution in [3.8, 4) is 5.75 Å². The van der Waals surface area contributed by atoms with E-state index in [1.165, 1.54) is 51.4 Å². The van der Waals surface area contributed by atoms with Crippen LogP contribution in [0.3, 0.4) is 0 Å². The monoisotopic (exact) mass is 410 g/mol. The number of benzene rings is 1. The Morgan fingerprint density at radius 1 is 1.07 bits per heavy atom. The van der Waals surface area contributed by atoms with Crippen molar-refractivity contribution in [1.82, 2.24) is 10.6 Å². The molecule has 1 aliphatic carbocycles. The Morgan fingerprint density at radius 2 is 1.79 bits per heavy atom. The molecule has 1 saturated carbocycles. The van der Waals surface area contributed by atoms with E-state index in [1.54, 1.807) is 12.1 Å². The normalized spacial score (nSPS) is 20.2. The van der Waals surface area contributed by atoms with Gasteiger partial charge in [0.05, 0.1) is 10.6 Å². The molecule has 2 fully saturated rings. The van der Waals surface area contributed by atoms with E-state index in [0.29, 0.717) is 34.9 Å². The van der Waals surface area contributed by atoms with Crippen molar-refractivity contribution in [2.75, 3.05) is 19.7 Å². The first-order valence-electron chi connectivity index (χ1n) is 10.2. The zero-order valence-electron chi connectivity index (χ0n) is 15.6. The van der Waals surface area contributed by atoms with Crippen LogP contribution in [0.4, 0.5) is 0 Å². The minimum Gasteiger partial charge on any atom is -0.492 e. The Hall–Kier alpha value is -1.26. The first kappa shape index (κ1) is 24.8. The van der Waals surface area contributed by atoms with Crippen LogP contribution in [0.5, 0.6) is 5.75 Å². The second kappa shape index (κ2) is 13.1. The van der Waals surface area contributed by atoms with Gasteiger partial charge in [-0.15, -0.1) is 0 Å². The maximum absolute atomic E-state index is 12.6. The summed E-state index contributed by atoms with van der Waals surface area (Å²) < 4.78 is 5.86. The van der Waals surface area contributed by atoms with E-state index < -0.39 is 0 Å².